The summed E-state index contributed by atoms with van der Waals surface area (Å²) in [6, 6.07) is 7.77. The molecule has 2 heterocycles. The number of benzene rings is 2. The van der Waals surface area contributed by atoms with Crippen LogP contribution in [0.15, 0.2) is 30.3 Å². The van der Waals surface area contributed by atoms with E-state index in [9.17, 15) is 31.9 Å². The third-order valence-electron chi connectivity index (χ3n) is 7.13. The van der Waals surface area contributed by atoms with Crippen molar-refractivity contribution >= 4 is 45.4 Å². The molecule has 1 amide bonds. The second kappa shape index (κ2) is 14.8. The lowest BCUT2D eigenvalue weighted by Crippen LogP contribution is -2.32. The van der Waals surface area contributed by atoms with Gasteiger partial charge in [-0.05, 0) is 25.3 Å². The third-order valence-corrected chi connectivity index (χ3v) is 7.13. The Morgan fingerprint density at radius 2 is 1.66 bits per heavy atom. The SMILES string of the molecule is CCCCc1nc2c(N)nc3ccccc3c2n1CCCCCC(=O)CCC(=O)NCC(=O)Oc1c(F)c(F)cc(F)c1F. The number of imidazole rings is 1. The lowest BCUT2D eigenvalue weighted by atomic mass is 10.1. The molecule has 234 valence electrons. The molecule has 0 fully saturated rings. The van der Waals surface area contributed by atoms with E-state index >= 15 is 0 Å². The van der Waals surface area contributed by atoms with Crippen LogP contribution in [0.25, 0.3) is 21.9 Å². The molecule has 0 aliphatic heterocycles. The number of aryl methyl sites for hydroxylation is 2. The van der Waals surface area contributed by atoms with Crippen LogP contribution in [0.2, 0.25) is 0 Å². The number of Topliss-reactive ketones (excluding diaryl/α,β-unsaturated/α-hetero) is 1. The highest BCUT2D eigenvalue weighted by molar-refractivity contribution is 6.06. The fraction of sp³-hybridized carbons (Fsp3) is 0.387. The molecule has 4 aromatic rings. The van der Waals surface area contributed by atoms with Crippen LogP contribution in [0.5, 0.6) is 5.75 Å². The molecule has 0 saturated carbocycles. The zero-order valence-corrected chi connectivity index (χ0v) is 24.2. The number of esters is 1. The van der Waals surface area contributed by atoms with E-state index in [1.54, 1.807) is 0 Å². The number of nitrogen functional groups attached to an aromatic ring is 1. The van der Waals surface area contributed by atoms with Crippen LogP contribution in [-0.2, 0) is 27.3 Å². The van der Waals surface area contributed by atoms with Crippen molar-refractivity contribution in [1.82, 2.24) is 19.9 Å². The summed E-state index contributed by atoms with van der Waals surface area (Å²) in [7, 11) is 0. The number of nitrogens with two attached hydrogens (primary N) is 1. The van der Waals surface area contributed by atoms with Crippen molar-refractivity contribution in [1.29, 1.82) is 0 Å². The van der Waals surface area contributed by atoms with Crippen molar-refractivity contribution in [3.63, 3.8) is 0 Å². The molecule has 0 spiro atoms. The maximum Gasteiger partial charge on any atom is 0.331 e. The van der Waals surface area contributed by atoms with Gasteiger partial charge in [0.25, 0.3) is 0 Å². The van der Waals surface area contributed by atoms with Crippen LogP contribution in [0.1, 0.15) is 64.1 Å². The number of hydrogen-bond acceptors (Lipinski definition) is 7. The minimum atomic E-state index is -1.88. The molecule has 44 heavy (non-hydrogen) atoms. The summed E-state index contributed by atoms with van der Waals surface area (Å²) in [5.74, 6) is -9.57. The third kappa shape index (κ3) is 7.69. The van der Waals surface area contributed by atoms with Crippen molar-refractivity contribution < 1.29 is 36.7 Å². The van der Waals surface area contributed by atoms with E-state index in [4.69, 9.17) is 10.7 Å². The highest BCUT2D eigenvalue weighted by Crippen LogP contribution is 2.30. The minimum Gasteiger partial charge on any atom is -0.419 e. The van der Waals surface area contributed by atoms with E-state index in [1.807, 2.05) is 24.3 Å². The molecule has 0 bridgehead atoms. The van der Waals surface area contributed by atoms with Crippen molar-refractivity contribution in [2.75, 3.05) is 12.3 Å². The summed E-state index contributed by atoms with van der Waals surface area (Å²) in [5.41, 5.74) is 8.71. The van der Waals surface area contributed by atoms with Crippen LogP contribution in [0, 0.1) is 23.3 Å². The predicted octanol–water partition coefficient (Wildman–Crippen LogP) is 5.70. The first-order chi connectivity index (χ1) is 21.1. The van der Waals surface area contributed by atoms with Gasteiger partial charge in [0.05, 0.1) is 11.0 Å². The van der Waals surface area contributed by atoms with Crippen LogP contribution < -0.4 is 15.8 Å². The number of aromatic nitrogens is 3. The van der Waals surface area contributed by atoms with Crippen molar-refractivity contribution in [3.8, 4) is 5.75 Å². The number of nitrogens with one attached hydrogen (secondary N) is 1. The standard InChI is InChI=1S/C31H33F4N5O4/c1-2-3-12-23-39-28-29(19-10-6-7-11-22(19)38-31(28)36)40(23)15-8-4-5-9-18(41)13-14-24(42)37-17-25(43)44-30-26(34)20(32)16-21(33)27(30)35/h6-7,10-11,16H,2-5,8-9,12-15,17H2,1H3,(H2,36,38)(H,37,42). The van der Waals surface area contributed by atoms with E-state index in [2.05, 4.69) is 26.5 Å². The number of anilines is 1. The topological polar surface area (TPSA) is 129 Å². The Morgan fingerprint density at radius 1 is 0.932 bits per heavy atom. The molecule has 0 radical (unpaired) electrons. The Morgan fingerprint density at radius 3 is 2.39 bits per heavy atom. The van der Waals surface area contributed by atoms with Gasteiger partial charge >= 0.3 is 5.97 Å². The van der Waals surface area contributed by atoms with E-state index in [0.717, 1.165) is 54.3 Å². The number of halogens is 4. The summed E-state index contributed by atoms with van der Waals surface area (Å²) in [6.07, 6.45) is 5.00. The largest absolute Gasteiger partial charge is 0.419 e. The number of rotatable bonds is 15. The number of para-hydroxylation sites is 1. The molecule has 2 aromatic heterocycles. The number of amides is 1. The second-order valence-corrected chi connectivity index (χ2v) is 10.4. The molecule has 9 nitrogen and oxygen atoms in total. The highest BCUT2D eigenvalue weighted by atomic mass is 19.2. The number of fused-ring (bicyclic) bond motifs is 3. The first-order valence-corrected chi connectivity index (χ1v) is 14.5. The molecular formula is C31H33F4N5O4. The van der Waals surface area contributed by atoms with Crippen LogP contribution >= 0.6 is 0 Å². The van der Waals surface area contributed by atoms with Gasteiger partial charge < -0.3 is 20.4 Å². The number of carbonyl (C=O) groups is 3. The smallest absolute Gasteiger partial charge is 0.331 e. The van der Waals surface area contributed by atoms with Gasteiger partial charge in [-0.15, -0.1) is 0 Å². The number of unbranched alkanes of at least 4 members (excludes halogenated alkanes) is 3. The number of nitrogens with zero attached hydrogens (tertiary/aromatic N) is 3. The molecule has 4 rings (SSSR count). The summed E-state index contributed by atoms with van der Waals surface area (Å²) < 4.78 is 60.3. The maximum atomic E-state index is 13.6. The second-order valence-electron chi connectivity index (χ2n) is 10.4. The number of carbonyl (C=O) groups excluding carboxylic acids is 3. The number of ketones is 1. The zero-order valence-electron chi connectivity index (χ0n) is 24.2. The van der Waals surface area contributed by atoms with Crippen molar-refractivity contribution in [3.05, 3.63) is 59.4 Å². The normalized spacial score (nSPS) is 11.3. The summed E-state index contributed by atoms with van der Waals surface area (Å²) in [4.78, 5) is 45.5. The minimum absolute atomic E-state index is 0.0250. The first kappa shape index (κ1) is 32.4. The molecule has 0 aliphatic carbocycles. The van der Waals surface area contributed by atoms with Crippen LogP contribution in [0.4, 0.5) is 23.4 Å². The van der Waals surface area contributed by atoms with Crippen molar-refractivity contribution in [2.24, 2.45) is 0 Å². The fourth-order valence-electron chi connectivity index (χ4n) is 4.87. The number of hydrogen-bond donors (Lipinski definition) is 2. The maximum absolute atomic E-state index is 13.6. The van der Waals surface area contributed by atoms with Gasteiger partial charge in [0.1, 0.15) is 23.7 Å². The molecule has 0 aliphatic rings. The van der Waals surface area contributed by atoms with Crippen molar-refractivity contribution in [2.45, 2.75) is 71.3 Å². The van der Waals surface area contributed by atoms with Gasteiger partial charge in [-0.3, -0.25) is 9.59 Å². The monoisotopic (exact) mass is 615 g/mol. The average molecular weight is 616 g/mol. The Kier molecular flexibility index (Phi) is 10.9. The molecule has 2 aromatic carbocycles. The first-order valence-electron chi connectivity index (χ1n) is 14.5. The zero-order chi connectivity index (χ0) is 31.8. The molecular weight excluding hydrogens is 582 g/mol. The van der Waals surface area contributed by atoms with Gasteiger partial charge in [0.15, 0.2) is 17.5 Å². The quantitative estimate of drug-likeness (QED) is 0.0577. The van der Waals surface area contributed by atoms with E-state index < -0.39 is 47.4 Å². The van der Waals surface area contributed by atoms with Crippen LogP contribution in [0.3, 0.4) is 0 Å². The summed E-state index contributed by atoms with van der Waals surface area (Å²) >= 11 is 0. The molecule has 13 heteroatoms. The molecule has 0 atom stereocenters. The van der Waals surface area contributed by atoms with Gasteiger partial charge in [-0.2, -0.15) is 8.78 Å². The van der Waals surface area contributed by atoms with E-state index in [1.165, 1.54) is 0 Å². The fourth-order valence-corrected chi connectivity index (χ4v) is 4.87. The lowest BCUT2D eigenvalue weighted by molar-refractivity contribution is -0.136. The number of pyridine rings is 1. The van der Waals surface area contributed by atoms with Gasteiger partial charge in [0.2, 0.25) is 23.3 Å². The lowest BCUT2D eigenvalue weighted by Gasteiger charge is -2.11. The molecule has 3 N–H and O–H groups in total. The summed E-state index contributed by atoms with van der Waals surface area (Å²) in [6.45, 7) is 2.01. The van der Waals surface area contributed by atoms with Crippen LogP contribution in [-0.4, -0.2) is 38.7 Å². The van der Waals surface area contributed by atoms with E-state index in [0.29, 0.717) is 24.3 Å². The highest BCUT2D eigenvalue weighted by Gasteiger charge is 2.23. The number of ether oxygens (including phenoxy) is 1. The molecule has 0 saturated heterocycles. The van der Waals surface area contributed by atoms with Gasteiger partial charge in [-0.1, -0.05) is 38.0 Å². The van der Waals surface area contributed by atoms with Gasteiger partial charge in [0, 0.05) is 43.7 Å². The average Bonchev–Trinajstić information content (AvgIpc) is 3.38. The Labute approximate surface area is 250 Å². The van der Waals surface area contributed by atoms with Gasteiger partial charge in [-0.25, -0.2) is 23.5 Å². The summed E-state index contributed by atoms with van der Waals surface area (Å²) in [5, 5.41) is 3.13. The van der Waals surface area contributed by atoms with E-state index in [-0.39, 0.29) is 31.1 Å². The Hall–Kier alpha value is -4.55. The molecule has 0 unspecified atom stereocenters. The Bertz CT molecular complexity index is 1670. The predicted molar refractivity (Wildman–Crippen MR) is 156 cm³/mol. The Balaban J connectivity index is 1.22.